The monoisotopic (exact) mass is 392 g/mol. The topological polar surface area (TPSA) is 34.1 Å². The Morgan fingerprint density at radius 3 is 1.25 bits per heavy atom. The molecule has 0 aliphatic heterocycles. The fourth-order valence-corrected chi connectivity index (χ4v) is 0. The Hall–Kier alpha value is 1.47. The van der Waals surface area contributed by atoms with E-state index < -0.39 is 0 Å². The van der Waals surface area contributed by atoms with Crippen LogP contribution < -0.4 is 0 Å². The second-order valence-electron chi connectivity index (χ2n) is 0. The molecule has 0 amide bonds. The predicted octanol–water partition coefficient (Wildman–Crippen LogP) is -0.886. The fraction of sp³-hybridized carbons (Fsp3) is 0. The maximum absolute atomic E-state index is 8.42. The van der Waals surface area contributed by atoms with E-state index in [2.05, 4.69) is 0 Å². The van der Waals surface area contributed by atoms with E-state index in [1.165, 1.54) is 0 Å². The number of rotatable bonds is 0. The summed E-state index contributed by atoms with van der Waals surface area (Å²) in [5.41, 5.74) is 0. The minimum atomic E-state index is -0.0918. The van der Waals surface area contributed by atoms with E-state index in [1.807, 2.05) is 0 Å². The van der Waals surface area contributed by atoms with Crippen molar-refractivity contribution in [2.75, 3.05) is 0 Å². The molecule has 0 unspecified atom stereocenters. The first-order valence-corrected chi connectivity index (χ1v) is 3.27. The Balaban J connectivity index is 0. The van der Waals surface area contributed by atoms with Crippen molar-refractivity contribution in [1.82, 2.24) is 0 Å². The molecule has 0 aliphatic carbocycles. The van der Waals surface area contributed by atoms with Crippen LogP contribution in [0.25, 0.3) is 0 Å². The third-order valence-corrected chi connectivity index (χ3v) is 0. The Morgan fingerprint density at radius 1 is 1.25 bits per heavy atom. The van der Waals surface area contributed by atoms with Crippen molar-refractivity contribution < 1.29 is 34.7 Å². The molecule has 0 N–H and O–H groups in total. The molecule has 0 radical (unpaired) electrons. The molecule has 0 fully saturated rings. The minimum absolute atomic E-state index is 0.0918. The summed E-state index contributed by atoms with van der Waals surface area (Å²) >= 11 is 0.208. The Bertz CT molecular complexity index is 8.00. The summed E-state index contributed by atoms with van der Waals surface area (Å²) in [5.74, 6) is 0. The van der Waals surface area contributed by atoms with Crippen LogP contribution in [0.15, 0.2) is 0 Å². The van der Waals surface area contributed by atoms with Crippen LogP contribution in [-0.2, 0) is 5.25 Å². The third-order valence-electron chi connectivity index (χ3n) is 0. The molecule has 0 saturated heterocycles. The van der Waals surface area contributed by atoms with Gasteiger partial charge in [-0.3, -0.25) is 0 Å². The Kier molecular flexibility index (Phi) is 56.5. The first-order valence-electron chi connectivity index (χ1n) is 0.408. The molecule has 0 aromatic heterocycles. The van der Waals surface area contributed by atoms with E-state index in [4.69, 9.17) is 5.25 Å². The van der Waals surface area contributed by atoms with Crippen LogP contribution in [0.5, 0.6) is 0 Å². The molecule has 0 rings (SSSR count). The molecule has 4 heavy (non-hydrogen) atoms. The molecule has 0 aliphatic rings. The van der Waals surface area contributed by atoms with Crippen molar-refractivity contribution in [2.45, 2.75) is 0 Å². The van der Waals surface area contributed by atoms with Crippen LogP contribution in [0.1, 0.15) is 0 Å². The molecule has 22 valence electrons. The van der Waals surface area contributed by atoms with Crippen molar-refractivity contribution >= 4 is 23.0 Å². The van der Waals surface area contributed by atoms with Gasteiger partial charge in [0.15, 0.2) is 0 Å². The van der Waals surface area contributed by atoms with Gasteiger partial charge in [-0.25, -0.2) is 0 Å². The van der Waals surface area contributed by atoms with Gasteiger partial charge in [0.2, 0.25) is 0 Å². The van der Waals surface area contributed by atoms with Gasteiger partial charge in [0, 0.05) is 0 Å². The van der Waals surface area contributed by atoms with Gasteiger partial charge in [-0.2, -0.15) is 0 Å². The molecule has 0 atom stereocenters. The molecule has 0 spiro atoms. The van der Waals surface area contributed by atoms with E-state index in [-0.39, 0.29) is 29.5 Å². The van der Waals surface area contributed by atoms with E-state index in [0.29, 0.717) is 23.0 Å². The van der Waals surface area contributed by atoms with Gasteiger partial charge in [-0.05, 0) is 0 Å². The standard InChI is InChI=1S/2O.Sb.U.H. The zero-order valence-electron chi connectivity index (χ0n) is 1.82. The molecule has 4 heteroatoms. The molecular formula is HO2SbU. The Morgan fingerprint density at radius 2 is 1.25 bits per heavy atom. The van der Waals surface area contributed by atoms with Crippen molar-refractivity contribution in [2.24, 2.45) is 0 Å². The summed E-state index contributed by atoms with van der Waals surface area (Å²) in [6.45, 7) is 0. The van der Waals surface area contributed by atoms with Crippen molar-refractivity contribution in [1.29, 1.82) is 0 Å². The molecule has 0 aromatic carbocycles. The van der Waals surface area contributed by atoms with E-state index >= 15 is 0 Å². The van der Waals surface area contributed by atoms with Gasteiger partial charge in [0.05, 0.1) is 0 Å². The van der Waals surface area contributed by atoms with Gasteiger partial charge in [0.1, 0.15) is 0 Å². The van der Waals surface area contributed by atoms with Gasteiger partial charge >= 0.3 is 57.7 Å². The average molecular weight is 393 g/mol. The number of hydrogen-bond acceptors (Lipinski definition) is 2. The SMILES string of the molecule is [O]=[SbH].[O]=[U]. The maximum atomic E-state index is 8.42. The first-order chi connectivity index (χ1) is 2.00. The summed E-state index contributed by atoms with van der Waals surface area (Å²) in [4.78, 5) is 0. The fourth-order valence-electron chi connectivity index (χ4n) is 0. The molecule has 0 aromatic rings. The second-order valence-corrected chi connectivity index (χ2v) is 0. The van der Waals surface area contributed by atoms with Crippen LogP contribution in [0.4, 0.5) is 0 Å². The first kappa shape index (κ1) is 9.08. The van der Waals surface area contributed by atoms with Crippen LogP contribution in [0.2, 0.25) is 0 Å². The molecule has 0 saturated carbocycles. The van der Waals surface area contributed by atoms with Crippen LogP contribution in [-0.4, -0.2) is 23.0 Å². The van der Waals surface area contributed by atoms with Gasteiger partial charge in [-0.15, -0.1) is 0 Å². The summed E-state index contributed by atoms with van der Waals surface area (Å²) in [6.07, 6.45) is 0. The van der Waals surface area contributed by atoms with Crippen LogP contribution in [0, 0.1) is 29.5 Å². The molecule has 0 bridgehead atoms. The quantitative estimate of drug-likeness (QED) is 0.502. The van der Waals surface area contributed by atoms with Gasteiger partial charge in [-0.1, -0.05) is 0 Å². The second kappa shape index (κ2) is 24.9. The van der Waals surface area contributed by atoms with Crippen molar-refractivity contribution in [3.05, 3.63) is 0 Å². The van der Waals surface area contributed by atoms with Crippen molar-refractivity contribution in [3.8, 4) is 0 Å². The summed E-state index contributed by atoms with van der Waals surface area (Å²) < 4.78 is 16.8. The van der Waals surface area contributed by atoms with Crippen molar-refractivity contribution in [3.63, 3.8) is 0 Å². The van der Waals surface area contributed by atoms with E-state index in [9.17, 15) is 0 Å². The molecule has 0 heterocycles. The van der Waals surface area contributed by atoms with E-state index in [0.717, 1.165) is 0 Å². The van der Waals surface area contributed by atoms with Crippen LogP contribution in [0.3, 0.4) is 0 Å². The zero-order chi connectivity index (χ0) is 4.00. The molecule has 2 nitrogen and oxygen atoms in total. The van der Waals surface area contributed by atoms with E-state index in [1.54, 1.807) is 0 Å². The van der Waals surface area contributed by atoms with Crippen LogP contribution >= 0.6 is 0 Å². The normalized spacial score (nSPS) is 2.50. The van der Waals surface area contributed by atoms with Gasteiger partial charge in [0.25, 0.3) is 0 Å². The Labute approximate surface area is 57.0 Å². The zero-order valence-corrected chi connectivity index (χ0v) is 8.83. The average Bonchev–Trinajstić information content (AvgIpc) is 1.50. The summed E-state index contributed by atoms with van der Waals surface area (Å²) in [7, 11) is 0. The summed E-state index contributed by atoms with van der Waals surface area (Å²) in [6, 6.07) is 0. The number of hydrogen-bond donors (Lipinski definition) is 0. The third kappa shape index (κ3) is 9.80. The van der Waals surface area contributed by atoms with Gasteiger partial charge < -0.3 is 0 Å². The molecular weight excluding hydrogens is 392 g/mol. The summed E-state index contributed by atoms with van der Waals surface area (Å²) in [5, 5.41) is 0. The predicted molar refractivity (Wildman–Crippen MR) is 8.52 cm³/mol.